The molecular weight excluding hydrogens is 275 g/mol. The highest BCUT2D eigenvalue weighted by molar-refractivity contribution is 6.37. The van der Waals surface area contributed by atoms with Gasteiger partial charge >= 0.3 is 0 Å². The Morgan fingerprint density at radius 2 is 1.94 bits per heavy atom. The Labute approximate surface area is 114 Å². The molecule has 5 nitrogen and oxygen atoms in total. The summed E-state index contributed by atoms with van der Waals surface area (Å²) in [6.45, 7) is 3.16. The van der Waals surface area contributed by atoms with Crippen molar-refractivity contribution in [2.75, 3.05) is 17.2 Å². The molecule has 96 valence electrons. The van der Waals surface area contributed by atoms with E-state index in [1.54, 1.807) is 18.3 Å². The van der Waals surface area contributed by atoms with Gasteiger partial charge in [-0.15, -0.1) is 0 Å². The molecule has 2 aromatic rings. The van der Waals surface area contributed by atoms with E-state index < -0.39 is 0 Å². The fourth-order valence-corrected chi connectivity index (χ4v) is 1.88. The lowest BCUT2D eigenvalue weighted by Crippen LogP contribution is -2.05. The van der Waals surface area contributed by atoms with Crippen LogP contribution in [0.3, 0.4) is 0 Å². The number of nitrogens with one attached hydrogen (secondary N) is 2. The zero-order valence-corrected chi connectivity index (χ0v) is 11.2. The van der Waals surface area contributed by atoms with Crippen LogP contribution in [0.15, 0.2) is 22.9 Å². The minimum absolute atomic E-state index is 0.458. The molecule has 0 unspecified atom stereocenters. The zero-order valence-electron chi connectivity index (χ0n) is 9.70. The van der Waals surface area contributed by atoms with E-state index in [2.05, 4.69) is 20.8 Å². The van der Waals surface area contributed by atoms with Crippen LogP contribution in [0.4, 0.5) is 11.6 Å². The predicted molar refractivity (Wildman–Crippen MR) is 72.3 cm³/mol. The molecule has 0 bridgehead atoms. The van der Waals surface area contributed by atoms with Crippen LogP contribution in [0, 0.1) is 0 Å². The minimum Gasteiger partial charge on any atom is -0.369 e. The Morgan fingerprint density at radius 3 is 2.56 bits per heavy atom. The third-order valence-electron chi connectivity index (χ3n) is 2.20. The number of halogens is 2. The molecular formula is C11H12Cl2N4O. The normalized spacial score (nSPS) is 10.4. The quantitative estimate of drug-likeness (QED) is 0.882. The molecule has 0 aromatic carbocycles. The van der Waals surface area contributed by atoms with E-state index in [-0.39, 0.29) is 0 Å². The van der Waals surface area contributed by atoms with Gasteiger partial charge in [-0.2, -0.15) is 0 Å². The summed E-state index contributed by atoms with van der Waals surface area (Å²) in [7, 11) is 0. The molecule has 0 aliphatic rings. The fourth-order valence-electron chi connectivity index (χ4n) is 1.39. The molecule has 0 saturated carbocycles. The highest BCUT2D eigenvalue weighted by Crippen LogP contribution is 2.29. The van der Waals surface area contributed by atoms with Crippen molar-refractivity contribution in [1.29, 1.82) is 0 Å². The molecule has 18 heavy (non-hydrogen) atoms. The van der Waals surface area contributed by atoms with Crippen molar-refractivity contribution in [1.82, 2.24) is 10.1 Å². The van der Waals surface area contributed by atoms with Gasteiger partial charge in [-0.25, -0.2) is 4.98 Å². The van der Waals surface area contributed by atoms with Gasteiger partial charge in [-0.3, -0.25) is 0 Å². The van der Waals surface area contributed by atoms with Crippen molar-refractivity contribution < 1.29 is 4.52 Å². The molecule has 0 saturated heterocycles. The summed E-state index contributed by atoms with van der Waals surface area (Å²) in [5.74, 6) is 1.85. The summed E-state index contributed by atoms with van der Waals surface area (Å²) >= 11 is 12.1. The Kier molecular flexibility index (Phi) is 4.28. The van der Waals surface area contributed by atoms with Crippen LogP contribution in [0.25, 0.3) is 0 Å². The molecule has 0 atom stereocenters. The molecule has 2 rings (SSSR count). The maximum atomic E-state index is 6.06. The molecule has 2 heterocycles. The Morgan fingerprint density at radius 1 is 1.22 bits per heavy atom. The third kappa shape index (κ3) is 3.05. The monoisotopic (exact) mass is 286 g/mol. The SMILES string of the molecule is CCNc1nc(NCc2ccno2)c(Cl)cc1Cl. The molecule has 0 amide bonds. The summed E-state index contributed by atoms with van der Waals surface area (Å²) in [5.41, 5.74) is 0. The average Bonchev–Trinajstić information content (AvgIpc) is 2.84. The van der Waals surface area contributed by atoms with Crippen molar-refractivity contribution in [3.05, 3.63) is 34.1 Å². The molecule has 0 fully saturated rings. The summed E-state index contributed by atoms with van der Waals surface area (Å²) in [6, 6.07) is 3.42. The van der Waals surface area contributed by atoms with E-state index in [1.165, 1.54) is 0 Å². The minimum atomic E-state index is 0.458. The van der Waals surface area contributed by atoms with Crippen LogP contribution < -0.4 is 10.6 Å². The van der Waals surface area contributed by atoms with Crippen LogP contribution in [0.2, 0.25) is 10.0 Å². The number of hydrogen-bond donors (Lipinski definition) is 2. The second kappa shape index (κ2) is 5.93. The molecule has 0 aliphatic carbocycles. The van der Waals surface area contributed by atoms with Crippen LogP contribution in [-0.2, 0) is 6.54 Å². The van der Waals surface area contributed by atoms with Crippen LogP contribution in [0.5, 0.6) is 0 Å². The molecule has 2 aromatic heterocycles. The largest absolute Gasteiger partial charge is 0.369 e. The predicted octanol–water partition coefficient (Wildman–Crippen LogP) is 3.42. The van der Waals surface area contributed by atoms with Gasteiger partial charge in [0.15, 0.2) is 5.76 Å². The average molecular weight is 287 g/mol. The summed E-state index contributed by atoms with van der Waals surface area (Å²) in [4.78, 5) is 4.31. The maximum absolute atomic E-state index is 6.06. The van der Waals surface area contributed by atoms with Gasteiger partial charge in [0.05, 0.1) is 22.8 Å². The number of rotatable bonds is 5. The zero-order chi connectivity index (χ0) is 13.0. The summed E-state index contributed by atoms with van der Waals surface area (Å²) in [6.07, 6.45) is 1.58. The maximum Gasteiger partial charge on any atom is 0.155 e. The van der Waals surface area contributed by atoms with Crippen LogP contribution in [0.1, 0.15) is 12.7 Å². The fraction of sp³-hybridized carbons (Fsp3) is 0.273. The number of aromatic nitrogens is 2. The van der Waals surface area contributed by atoms with E-state index >= 15 is 0 Å². The van der Waals surface area contributed by atoms with Crippen molar-refractivity contribution in [2.24, 2.45) is 0 Å². The first kappa shape index (κ1) is 13.0. The number of anilines is 2. The lowest BCUT2D eigenvalue weighted by Gasteiger charge is -2.10. The number of nitrogens with zero attached hydrogens (tertiary/aromatic N) is 2. The van der Waals surface area contributed by atoms with Crippen molar-refractivity contribution in [2.45, 2.75) is 13.5 Å². The molecule has 0 radical (unpaired) electrons. The lowest BCUT2D eigenvalue weighted by atomic mass is 10.4. The van der Waals surface area contributed by atoms with Gasteiger partial charge in [-0.1, -0.05) is 28.4 Å². The van der Waals surface area contributed by atoms with Gasteiger partial charge in [0.1, 0.15) is 11.6 Å². The van der Waals surface area contributed by atoms with Gasteiger partial charge < -0.3 is 15.2 Å². The second-order valence-corrected chi connectivity index (χ2v) is 4.33. The van der Waals surface area contributed by atoms with E-state index in [0.29, 0.717) is 34.0 Å². The number of hydrogen-bond acceptors (Lipinski definition) is 5. The van der Waals surface area contributed by atoms with Gasteiger partial charge in [0.25, 0.3) is 0 Å². The Hall–Kier alpha value is -1.46. The third-order valence-corrected chi connectivity index (χ3v) is 2.77. The standard InChI is InChI=1S/C11H12Cl2N4O/c1-2-14-10-8(12)5-9(13)11(17-10)15-6-7-3-4-16-18-7/h3-5H,2,6H2,1H3,(H2,14,15,17). The highest BCUT2D eigenvalue weighted by atomic mass is 35.5. The van der Waals surface area contributed by atoms with E-state index in [1.807, 2.05) is 6.92 Å². The first-order valence-electron chi connectivity index (χ1n) is 5.44. The Bertz CT molecular complexity index is 516. The second-order valence-electron chi connectivity index (χ2n) is 3.51. The van der Waals surface area contributed by atoms with Gasteiger partial charge in [0, 0.05) is 12.6 Å². The highest BCUT2D eigenvalue weighted by Gasteiger charge is 2.09. The lowest BCUT2D eigenvalue weighted by molar-refractivity contribution is 0.388. The first-order chi connectivity index (χ1) is 8.70. The van der Waals surface area contributed by atoms with Crippen LogP contribution in [-0.4, -0.2) is 16.7 Å². The summed E-state index contributed by atoms with van der Waals surface area (Å²) in [5, 5.41) is 10.7. The van der Waals surface area contributed by atoms with Crippen molar-refractivity contribution in [3.8, 4) is 0 Å². The molecule has 0 spiro atoms. The Balaban J connectivity index is 2.13. The number of pyridine rings is 1. The molecule has 0 aliphatic heterocycles. The van der Waals surface area contributed by atoms with Gasteiger partial charge in [-0.05, 0) is 13.0 Å². The van der Waals surface area contributed by atoms with Crippen LogP contribution >= 0.6 is 23.2 Å². The first-order valence-corrected chi connectivity index (χ1v) is 6.19. The van der Waals surface area contributed by atoms with Crippen molar-refractivity contribution >= 4 is 34.8 Å². The van der Waals surface area contributed by atoms with Gasteiger partial charge in [0.2, 0.25) is 0 Å². The van der Waals surface area contributed by atoms with Crippen molar-refractivity contribution in [3.63, 3.8) is 0 Å². The van der Waals surface area contributed by atoms with E-state index in [0.717, 1.165) is 6.54 Å². The molecule has 2 N–H and O–H groups in total. The van der Waals surface area contributed by atoms with E-state index in [9.17, 15) is 0 Å². The smallest absolute Gasteiger partial charge is 0.155 e. The summed E-state index contributed by atoms with van der Waals surface area (Å²) < 4.78 is 4.97. The topological polar surface area (TPSA) is 63.0 Å². The molecule has 7 heteroatoms. The van der Waals surface area contributed by atoms with E-state index in [4.69, 9.17) is 27.7 Å².